The fourth-order valence-electron chi connectivity index (χ4n) is 2.78. The fraction of sp³-hybridized carbons (Fsp3) is 0.294. The van der Waals surface area contributed by atoms with Crippen molar-refractivity contribution >= 4 is 27.3 Å². The number of nitrogens with one attached hydrogen (secondary N) is 1. The molecule has 3 rings (SSSR count). The second-order valence-electron chi connectivity index (χ2n) is 6.05. The van der Waals surface area contributed by atoms with Crippen LogP contribution >= 0.6 is 11.6 Å². The molecular formula is C17H17ClN2O4S. The second-order valence-corrected chi connectivity index (χ2v) is 8.68. The Labute approximate surface area is 150 Å². The minimum absolute atomic E-state index is 0.0436. The van der Waals surface area contributed by atoms with E-state index in [1.807, 2.05) is 12.1 Å². The molecule has 0 radical (unpaired) electrons. The van der Waals surface area contributed by atoms with Crippen molar-refractivity contribution in [1.29, 1.82) is 0 Å². The Morgan fingerprint density at radius 2 is 2.00 bits per heavy atom. The van der Waals surface area contributed by atoms with Crippen LogP contribution in [0.4, 0.5) is 0 Å². The summed E-state index contributed by atoms with van der Waals surface area (Å²) in [4.78, 5) is 24.4. The van der Waals surface area contributed by atoms with Gasteiger partial charge in [-0.15, -0.1) is 0 Å². The van der Waals surface area contributed by atoms with Gasteiger partial charge < -0.3 is 9.88 Å². The highest BCUT2D eigenvalue weighted by Gasteiger charge is 2.29. The highest BCUT2D eigenvalue weighted by atomic mass is 35.5. The summed E-state index contributed by atoms with van der Waals surface area (Å²) >= 11 is 6.12. The minimum Gasteiger partial charge on any atom is -0.348 e. The van der Waals surface area contributed by atoms with Crippen LogP contribution in [0.2, 0.25) is 5.02 Å². The number of halogens is 1. The Kier molecular flexibility index (Phi) is 4.96. The lowest BCUT2D eigenvalue weighted by atomic mass is 10.2. The topological polar surface area (TPSA) is 85.2 Å². The summed E-state index contributed by atoms with van der Waals surface area (Å²) in [7, 11) is -3.07. The van der Waals surface area contributed by atoms with E-state index in [1.165, 1.54) is 22.9 Å². The van der Waals surface area contributed by atoms with Gasteiger partial charge in [-0.05, 0) is 24.1 Å². The highest BCUT2D eigenvalue weighted by molar-refractivity contribution is 7.91. The summed E-state index contributed by atoms with van der Waals surface area (Å²) in [5.41, 5.74) is 0.821. The van der Waals surface area contributed by atoms with Crippen molar-refractivity contribution in [2.75, 3.05) is 11.5 Å². The molecule has 1 aliphatic rings. The van der Waals surface area contributed by atoms with Gasteiger partial charge in [0, 0.05) is 23.3 Å². The molecule has 1 aromatic carbocycles. The third-order valence-corrected chi connectivity index (χ3v) is 6.25. The quantitative estimate of drug-likeness (QED) is 0.870. The van der Waals surface area contributed by atoms with Crippen molar-refractivity contribution in [3.8, 4) is 0 Å². The van der Waals surface area contributed by atoms with E-state index in [9.17, 15) is 18.0 Å². The van der Waals surface area contributed by atoms with Crippen molar-refractivity contribution in [1.82, 2.24) is 9.88 Å². The maximum absolute atomic E-state index is 12.3. The Bertz CT molecular complexity index is 969. The van der Waals surface area contributed by atoms with Gasteiger partial charge in [0.2, 0.25) is 0 Å². The van der Waals surface area contributed by atoms with Gasteiger partial charge in [0.15, 0.2) is 9.84 Å². The third kappa shape index (κ3) is 4.29. The molecular weight excluding hydrogens is 364 g/mol. The number of carbonyl (C=O) groups excluding carboxylic acids is 1. The second kappa shape index (κ2) is 7.01. The van der Waals surface area contributed by atoms with Crippen molar-refractivity contribution in [2.24, 2.45) is 0 Å². The molecule has 1 aromatic heterocycles. The molecule has 1 atom stereocenters. The first-order valence-corrected chi connectivity index (χ1v) is 9.99. The molecule has 1 N–H and O–H groups in total. The zero-order valence-electron chi connectivity index (χ0n) is 13.3. The molecule has 2 aromatic rings. The average Bonchev–Trinajstić information content (AvgIpc) is 2.90. The van der Waals surface area contributed by atoms with Gasteiger partial charge in [-0.1, -0.05) is 29.8 Å². The molecule has 1 fully saturated rings. The number of hydrogen-bond donors (Lipinski definition) is 1. The van der Waals surface area contributed by atoms with Crippen molar-refractivity contribution in [3.05, 3.63) is 69.1 Å². The van der Waals surface area contributed by atoms with E-state index >= 15 is 0 Å². The zero-order valence-corrected chi connectivity index (χ0v) is 14.9. The number of aromatic nitrogens is 1. The summed E-state index contributed by atoms with van der Waals surface area (Å²) in [5.74, 6) is -0.350. The number of pyridine rings is 1. The molecule has 8 heteroatoms. The van der Waals surface area contributed by atoms with E-state index in [2.05, 4.69) is 5.32 Å². The van der Waals surface area contributed by atoms with Crippen LogP contribution in [0.1, 0.15) is 22.3 Å². The van der Waals surface area contributed by atoms with Crippen LogP contribution in [-0.4, -0.2) is 36.4 Å². The van der Waals surface area contributed by atoms with Gasteiger partial charge >= 0.3 is 0 Å². The van der Waals surface area contributed by atoms with Gasteiger partial charge in [-0.25, -0.2) is 8.42 Å². The predicted molar refractivity (Wildman–Crippen MR) is 95.8 cm³/mol. The van der Waals surface area contributed by atoms with E-state index in [0.717, 1.165) is 5.56 Å². The van der Waals surface area contributed by atoms with Crippen LogP contribution in [0, 0.1) is 0 Å². The lowest BCUT2D eigenvalue weighted by Gasteiger charge is -2.13. The van der Waals surface area contributed by atoms with Crippen molar-refractivity contribution < 1.29 is 13.2 Å². The summed E-state index contributed by atoms with van der Waals surface area (Å²) < 4.78 is 24.4. The summed E-state index contributed by atoms with van der Waals surface area (Å²) in [5, 5.41) is 3.26. The third-order valence-electron chi connectivity index (χ3n) is 4.11. The molecule has 6 nitrogen and oxygen atoms in total. The first-order chi connectivity index (χ1) is 11.8. The molecule has 1 amide bonds. The van der Waals surface area contributed by atoms with Crippen molar-refractivity contribution in [3.63, 3.8) is 0 Å². The average molecular weight is 381 g/mol. The summed E-state index contributed by atoms with van der Waals surface area (Å²) in [6.45, 7) is 0.247. The minimum atomic E-state index is -3.07. The Morgan fingerprint density at radius 1 is 1.24 bits per heavy atom. The number of nitrogens with zero attached hydrogens (tertiary/aromatic N) is 1. The first-order valence-electron chi connectivity index (χ1n) is 7.79. The number of benzene rings is 1. The zero-order chi connectivity index (χ0) is 18.0. The van der Waals surface area contributed by atoms with Crippen LogP contribution in [0.25, 0.3) is 0 Å². The van der Waals surface area contributed by atoms with Gasteiger partial charge in [0.1, 0.15) is 0 Å². The Morgan fingerprint density at radius 3 is 2.68 bits per heavy atom. The fourth-order valence-corrected chi connectivity index (χ4v) is 4.65. The monoisotopic (exact) mass is 380 g/mol. The smallest absolute Gasteiger partial charge is 0.253 e. The molecule has 0 saturated carbocycles. The van der Waals surface area contributed by atoms with Gasteiger partial charge in [0.05, 0.1) is 23.6 Å². The Balaban J connectivity index is 1.78. The van der Waals surface area contributed by atoms with E-state index < -0.39 is 15.7 Å². The number of sulfone groups is 1. The number of hydrogen-bond acceptors (Lipinski definition) is 4. The molecule has 0 spiro atoms. The van der Waals surface area contributed by atoms with E-state index in [0.29, 0.717) is 17.0 Å². The Hall–Kier alpha value is -2.12. The molecule has 25 heavy (non-hydrogen) atoms. The molecule has 132 valence electrons. The summed E-state index contributed by atoms with van der Waals surface area (Å²) in [6.07, 6.45) is 1.87. The van der Waals surface area contributed by atoms with Crippen molar-refractivity contribution in [2.45, 2.75) is 19.0 Å². The van der Waals surface area contributed by atoms with Gasteiger partial charge in [0.25, 0.3) is 11.5 Å². The first kappa shape index (κ1) is 17.7. The predicted octanol–water partition coefficient (Wildman–Crippen LogP) is 1.47. The summed E-state index contributed by atoms with van der Waals surface area (Å²) in [6, 6.07) is 9.53. The normalized spacial score (nSPS) is 18.8. The highest BCUT2D eigenvalue weighted by Crippen LogP contribution is 2.16. The molecule has 0 aliphatic carbocycles. The lowest BCUT2D eigenvalue weighted by Crippen LogP contribution is -2.36. The van der Waals surface area contributed by atoms with E-state index in [1.54, 1.807) is 12.1 Å². The maximum atomic E-state index is 12.3. The van der Waals surface area contributed by atoms with Crippen LogP contribution in [0.5, 0.6) is 0 Å². The number of amides is 1. The van der Waals surface area contributed by atoms with Crippen LogP contribution in [0.15, 0.2) is 47.4 Å². The van der Waals surface area contributed by atoms with Gasteiger partial charge in [-0.3, -0.25) is 9.59 Å². The SMILES string of the molecule is O=C(NC1CCS(=O)(=O)C1)c1ccc(=O)n(Cc2ccccc2Cl)c1. The number of carbonyl (C=O) groups is 1. The molecule has 2 heterocycles. The van der Waals surface area contributed by atoms with E-state index in [-0.39, 0.29) is 29.7 Å². The maximum Gasteiger partial charge on any atom is 0.253 e. The van der Waals surface area contributed by atoms with Crippen LogP contribution in [0.3, 0.4) is 0 Å². The molecule has 1 aliphatic heterocycles. The number of rotatable bonds is 4. The molecule has 1 saturated heterocycles. The standard InChI is InChI=1S/C17H17ClN2O4S/c18-15-4-2-1-3-12(15)9-20-10-13(5-6-16(20)21)17(22)19-14-7-8-25(23,24)11-14/h1-6,10,14H,7-9,11H2,(H,19,22). The van der Waals surface area contributed by atoms with Crippen LogP contribution < -0.4 is 10.9 Å². The lowest BCUT2D eigenvalue weighted by molar-refractivity contribution is 0.0940. The van der Waals surface area contributed by atoms with E-state index in [4.69, 9.17) is 11.6 Å². The molecule has 0 bridgehead atoms. The largest absolute Gasteiger partial charge is 0.348 e. The van der Waals surface area contributed by atoms with Crippen LogP contribution in [-0.2, 0) is 16.4 Å². The molecule has 1 unspecified atom stereocenters. The van der Waals surface area contributed by atoms with Gasteiger partial charge in [-0.2, -0.15) is 0 Å².